The molecule has 2 atom stereocenters. The molecule has 5 heterocycles. The highest BCUT2D eigenvalue weighted by atomic mass is 16.5. The van der Waals surface area contributed by atoms with Gasteiger partial charge in [-0.2, -0.15) is 0 Å². The zero-order valence-corrected chi connectivity index (χ0v) is 17.7. The summed E-state index contributed by atoms with van der Waals surface area (Å²) in [6.45, 7) is 6.50. The monoisotopic (exact) mass is 411 g/mol. The number of piperidine rings is 1. The van der Waals surface area contributed by atoms with Gasteiger partial charge in [0.2, 0.25) is 5.91 Å². The largest absolute Gasteiger partial charge is 0.472 e. The summed E-state index contributed by atoms with van der Waals surface area (Å²) in [7, 11) is 2.01. The molecule has 0 spiro atoms. The Morgan fingerprint density at radius 3 is 2.73 bits per heavy atom. The topological polar surface area (TPSA) is 67.9 Å². The van der Waals surface area contributed by atoms with Gasteiger partial charge < -0.3 is 18.6 Å². The van der Waals surface area contributed by atoms with Gasteiger partial charge in [-0.15, -0.1) is 0 Å². The number of likely N-dealkylation sites (tertiary alicyclic amines) is 1. The number of ether oxygens (including phenoxy) is 1. The Labute approximate surface area is 176 Å². The fourth-order valence-corrected chi connectivity index (χ4v) is 5.23. The van der Waals surface area contributed by atoms with Gasteiger partial charge in [0.25, 0.3) is 5.56 Å². The van der Waals surface area contributed by atoms with Crippen LogP contribution in [-0.2, 0) is 29.2 Å². The fraction of sp³-hybridized carbons (Fsp3) is 0.565. The van der Waals surface area contributed by atoms with E-state index >= 15 is 0 Å². The minimum Gasteiger partial charge on any atom is -0.472 e. The van der Waals surface area contributed by atoms with Crippen LogP contribution in [0.15, 0.2) is 39.9 Å². The van der Waals surface area contributed by atoms with E-state index in [-0.39, 0.29) is 22.8 Å². The molecule has 2 fully saturated rings. The van der Waals surface area contributed by atoms with Crippen LogP contribution in [0, 0.1) is 11.3 Å². The molecule has 2 aromatic rings. The van der Waals surface area contributed by atoms with Crippen LogP contribution in [0.3, 0.4) is 0 Å². The molecule has 0 aromatic carbocycles. The van der Waals surface area contributed by atoms with Crippen LogP contribution < -0.4 is 5.56 Å². The lowest BCUT2D eigenvalue weighted by atomic mass is 9.80. The average molecular weight is 412 g/mol. The molecular weight excluding hydrogens is 382 g/mol. The van der Waals surface area contributed by atoms with Gasteiger partial charge >= 0.3 is 0 Å². The summed E-state index contributed by atoms with van der Waals surface area (Å²) < 4.78 is 12.4. The van der Waals surface area contributed by atoms with Crippen molar-refractivity contribution in [2.75, 3.05) is 33.4 Å². The van der Waals surface area contributed by atoms with Gasteiger partial charge in [-0.1, -0.05) is 6.07 Å². The van der Waals surface area contributed by atoms with E-state index in [9.17, 15) is 9.59 Å². The van der Waals surface area contributed by atoms with Crippen molar-refractivity contribution in [3.05, 3.63) is 57.9 Å². The van der Waals surface area contributed by atoms with Crippen LogP contribution in [0.5, 0.6) is 0 Å². The first-order valence-electron chi connectivity index (χ1n) is 10.7. The Morgan fingerprint density at radius 1 is 1.20 bits per heavy atom. The van der Waals surface area contributed by atoms with E-state index in [1.54, 1.807) is 12.5 Å². The second kappa shape index (κ2) is 7.39. The van der Waals surface area contributed by atoms with E-state index in [4.69, 9.17) is 9.15 Å². The molecule has 0 radical (unpaired) electrons. The van der Waals surface area contributed by atoms with Gasteiger partial charge in [-0.05, 0) is 38.4 Å². The number of furan rings is 1. The Kier molecular flexibility index (Phi) is 4.82. The van der Waals surface area contributed by atoms with Crippen LogP contribution in [-0.4, -0.2) is 53.6 Å². The minimum atomic E-state index is -0.366. The van der Waals surface area contributed by atoms with Gasteiger partial charge in [-0.25, -0.2) is 0 Å². The van der Waals surface area contributed by atoms with E-state index < -0.39 is 0 Å². The predicted molar refractivity (Wildman–Crippen MR) is 111 cm³/mol. The SMILES string of the molecule is CN(Cc1ccoc1)Cc1ccc2n(c1=O)C[C@H]1C[C@@H]2CN(C(=O)C2(C)COC2)C1. The van der Waals surface area contributed by atoms with Crippen molar-refractivity contribution in [3.63, 3.8) is 0 Å². The van der Waals surface area contributed by atoms with Crippen molar-refractivity contribution >= 4 is 5.91 Å². The number of nitrogens with zero attached hydrogens (tertiary/aromatic N) is 3. The Hall–Kier alpha value is -2.38. The number of hydrogen-bond donors (Lipinski definition) is 0. The molecule has 0 saturated carbocycles. The minimum absolute atomic E-state index is 0.111. The molecule has 7 heteroatoms. The molecule has 0 N–H and O–H groups in total. The summed E-state index contributed by atoms with van der Waals surface area (Å²) in [5, 5.41) is 0. The van der Waals surface area contributed by atoms with Gasteiger partial charge in [0.15, 0.2) is 0 Å². The zero-order chi connectivity index (χ0) is 20.9. The molecule has 160 valence electrons. The molecule has 2 bridgehead atoms. The summed E-state index contributed by atoms with van der Waals surface area (Å²) in [4.78, 5) is 30.4. The van der Waals surface area contributed by atoms with E-state index in [1.165, 1.54) is 0 Å². The van der Waals surface area contributed by atoms with Crippen molar-refractivity contribution in [2.45, 2.75) is 38.9 Å². The molecule has 1 amide bonds. The lowest BCUT2D eigenvalue weighted by Gasteiger charge is -2.47. The summed E-state index contributed by atoms with van der Waals surface area (Å²) in [6.07, 6.45) is 4.46. The third-order valence-corrected chi connectivity index (χ3v) is 6.80. The number of aromatic nitrogens is 1. The molecule has 3 aliphatic rings. The standard InChI is InChI=1S/C23H29N3O4/c1-23(14-30-15-23)22(28)25-9-17-7-19(12-25)20-4-3-18(21(27)26(20)10-17)11-24(2)8-16-5-6-29-13-16/h3-6,13,17,19H,7-12,14-15H2,1-2H3/t17-,19+/m0/s1. The Morgan fingerprint density at radius 2 is 2.03 bits per heavy atom. The van der Waals surface area contributed by atoms with Crippen LogP contribution >= 0.6 is 0 Å². The first-order valence-corrected chi connectivity index (χ1v) is 10.7. The molecule has 2 saturated heterocycles. The second-order valence-electron chi connectivity index (χ2n) is 9.57. The van der Waals surface area contributed by atoms with Crippen molar-refractivity contribution in [1.82, 2.24) is 14.4 Å². The number of fused-ring (bicyclic) bond motifs is 4. The summed E-state index contributed by atoms with van der Waals surface area (Å²) in [6, 6.07) is 6.02. The molecule has 2 aromatic heterocycles. The van der Waals surface area contributed by atoms with E-state index in [2.05, 4.69) is 11.0 Å². The zero-order valence-electron chi connectivity index (χ0n) is 17.7. The highest BCUT2D eigenvalue weighted by molar-refractivity contribution is 5.83. The highest BCUT2D eigenvalue weighted by Crippen LogP contribution is 2.38. The molecular formula is C23H29N3O4. The first-order chi connectivity index (χ1) is 14.4. The van der Waals surface area contributed by atoms with Gasteiger partial charge in [-0.3, -0.25) is 14.5 Å². The van der Waals surface area contributed by atoms with Crippen LogP contribution in [0.1, 0.15) is 36.1 Å². The van der Waals surface area contributed by atoms with E-state index in [0.29, 0.717) is 38.8 Å². The third kappa shape index (κ3) is 3.40. The number of carbonyl (C=O) groups excluding carboxylic acids is 1. The fourth-order valence-electron chi connectivity index (χ4n) is 5.23. The third-order valence-electron chi connectivity index (χ3n) is 6.80. The molecule has 0 aliphatic carbocycles. The van der Waals surface area contributed by atoms with Crippen molar-refractivity contribution in [1.29, 1.82) is 0 Å². The highest BCUT2D eigenvalue weighted by Gasteiger charge is 2.46. The summed E-state index contributed by atoms with van der Waals surface area (Å²) in [5.41, 5.74) is 2.73. The van der Waals surface area contributed by atoms with E-state index in [1.807, 2.05) is 35.6 Å². The van der Waals surface area contributed by atoms with Crippen LogP contribution in [0.2, 0.25) is 0 Å². The lowest BCUT2D eigenvalue weighted by molar-refractivity contribution is -0.171. The van der Waals surface area contributed by atoms with Crippen LogP contribution in [0.4, 0.5) is 0 Å². The number of amides is 1. The lowest BCUT2D eigenvalue weighted by Crippen LogP contribution is -2.57. The summed E-state index contributed by atoms with van der Waals surface area (Å²) >= 11 is 0. The van der Waals surface area contributed by atoms with Gasteiger partial charge in [0.05, 0.1) is 31.2 Å². The smallest absolute Gasteiger partial charge is 0.255 e. The Bertz CT molecular complexity index is 992. The molecule has 5 rings (SSSR count). The van der Waals surface area contributed by atoms with Crippen molar-refractivity contribution in [2.24, 2.45) is 11.3 Å². The quantitative estimate of drug-likeness (QED) is 0.753. The maximum atomic E-state index is 13.2. The molecule has 7 nitrogen and oxygen atoms in total. The molecule has 3 aliphatic heterocycles. The average Bonchev–Trinajstić information content (AvgIpc) is 3.21. The number of hydrogen-bond acceptors (Lipinski definition) is 5. The predicted octanol–water partition coefficient (Wildman–Crippen LogP) is 2.06. The maximum absolute atomic E-state index is 13.2. The summed E-state index contributed by atoms with van der Waals surface area (Å²) in [5.74, 6) is 0.773. The van der Waals surface area contributed by atoms with Crippen molar-refractivity contribution < 1.29 is 13.9 Å². The Balaban J connectivity index is 1.33. The number of carbonyl (C=O) groups is 1. The van der Waals surface area contributed by atoms with Gasteiger partial charge in [0.1, 0.15) is 0 Å². The van der Waals surface area contributed by atoms with Crippen LogP contribution in [0.25, 0.3) is 0 Å². The molecule has 0 unspecified atom stereocenters. The maximum Gasteiger partial charge on any atom is 0.255 e. The number of pyridine rings is 1. The van der Waals surface area contributed by atoms with E-state index in [0.717, 1.165) is 36.3 Å². The molecule has 30 heavy (non-hydrogen) atoms. The normalized spacial score (nSPS) is 24.4. The first kappa shape index (κ1) is 19.6. The van der Waals surface area contributed by atoms with Crippen molar-refractivity contribution in [3.8, 4) is 0 Å². The number of rotatable bonds is 5. The van der Waals surface area contributed by atoms with Gasteiger partial charge in [0, 0.05) is 55.5 Å². The second-order valence-corrected chi connectivity index (χ2v) is 9.57.